The fraction of sp³-hybridized carbons (Fsp3) is 0.800. The van der Waals surface area contributed by atoms with Crippen LogP contribution in [0.15, 0.2) is 12.0 Å². The molecule has 1 aliphatic rings. The molecule has 0 aromatic carbocycles. The van der Waals surface area contributed by atoms with Crippen LogP contribution < -0.4 is 5.32 Å². The Kier molecular flexibility index (Phi) is 9.56. The molecule has 162 valence electrons. The van der Waals surface area contributed by atoms with Crippen LogP contribution in [0.5, 0.6) is 0 Å². The van der Waals surface area contributed by atoms with E-state index < -0.39 is 11.1 Å². The molecule has 28 heavy (non-hydrogen) atoms. The smallest absolute Gasteiger partial charge is 0.246 e. The normalized spacial score (nSPS) is 17.0. The molecule has 0 atom stereocenters. The van der Waals surface area contributed by atoms with Crippen LogP contribution in [0.25, 0.3) is 0 Å². The van der Waals surface area contributed by atoms with Crippen LogP contribution in [-0.4, -0.2) is 79.9 Å². The third-order valence-corrected chi connectivity index (χ3v) is 5.30. The first-order chi connectivity index (χ1) is 13.0. The number of aliphatic hydroxyl groups excluding tert-OH is 1. The Hall–Kier alpha value is -1.48. The first-order valence-corrected chi connectivity index (χ1v) is 9.73. The molecule has 1 rings (SSSR count). The van der Waals surface area contributed by atoms with Crippen molar-refractivity contribution in [2.24, 2.45) is 5.92 Å². The highest BCUT2D eigenvalue weighted by Crippen LogP contribution is 2.21. The van der Waals surface area contributed by atoms with Crippen LogP contribution in [-0.2, 0) is 19.0 Å². The van der Waals surface area contributed by atoms with E-state index in [1.54, 1.807) is 21.0 Å². The number of likely N-dealkylation sites (N-methyl/N-ethyl adjacent to an activating group) is 1. The molecule has 0 aromatic heterocycles. The van der Waals surface area contributed by atoms with Crippen LogP contribution in [0.1, 0.15) is 40.5 Å². The molecule has 0 bridgehead atoms. The van der Waals surface area contributed by atoms with E-state index >= 15 is 0 Å². The number of ether oxygens (including phenoxy) is 3. The maximum atomic E-state index is 12.7. The SMILES string of the molecule is COCCOC(C)(C)C(=N)/C=C(\O)NC(=O)C(C)(C)N(C)CC1CCOCC1. The summed E-state index contributed by atoms with van der Waals surface area (Å²) in [5.41, 5.74) is -1.67. The molecule has 0 saturated carbocycles. The van der Waals surface area contributed by atoms with Crippen molar-refractivity contribution in [1.82, 2.24) is 10.2 Å². The van der Waals surface area contributed by atoms with Crippen molar-refractivity contribution >= 4 is 11.6 Å². The van der Waals surface area contributed by atoms with E-state index in [1.807, 2.05) is 25.8 Å². The van der Waals surface area contributed by atoms with Crippen molar-refractivity contribution in [2.75, 3.05) is 47.1 Å². The number of amides is 1. The van der Waals surface area contributed by atoms with Crippen molar-refractivity contribution in [3.8, 4) is 0 Å². The minimum Gasteiger partial charge on any atom is -0.494 e. The van der Waals surface area contributed by atoms with Crippen LogP contribution in [0, 0.1) is 11.3 Å². The largest absolute Gasteiger partial charge is 0.494 e. The van der Waals surface area contributed by atoms with Crippen LogP contribution in [0.3, 0.4) is 0 Å². The Bertz CT molecular complexity index is 554. The highest BCUT2D eigenvalue weighted by Gasteiger charge is 2.34. The second kappa shape index (κ2) is 10.9. The quantitative estimate of drug-likeness (QED) is 0.279. The summed E-state index contributed by atoms with van der Waals surface area (Å²) in [5, 5.41) is 20.8. The monoisotopic (exact) mass is 399 g/mol. The van der Waals surface area contributed by atoms with Gasteiger partial charge in [-0.3, -0.25) is 15.0 Å². The Balaban J connectivity index is 2.64. The van der Waals surface area contributed by atoms with Crippen molar-refractivity contribution in [3.05, 3.63) is 12.0 Å². The Morgan fingerprint density at radius 3 is 2.46 bits per heavy atom. The summed E-state index contributed by atoms with van der Waals surface area (Å²) in [6.45, 7) is 10.1. The summed E-state index contributed by atoms with van der Waals surface area (Å²) in [6.07, 6.45) is 3.18. The Morgan fingerprint density at radius 2 is 1.89 bits per heavy atom. The second-order valence-electron chi connectivity index (χ2n) is 8.24. The van der Waals surface area contributed by atoms with Gasteiger partial charge in [0, 0.05) is 32.9 Å². The predicted octanol–water partition coefficient (Wildman–Crippen LogP) is 2.10. The average Bonchev–Trinajstić information content (AvgIpc) is 2.62. The van der Waals surface area contributed by atoms with E-state index in [9.17, 15) is 9.90 Å². The number of hydrogen-bond donors (Lipinski definition) is 3. The van der Waals surface area contributed by atoms with Crippen LogP contribution in [0.2, 0.25) is 0 Å². The molecular weight excluding hydrogens is 362 g/mol. The zero-order chi connectivity index (χ0) is 21.4. The summed E-state index contributed by atoms with van der Waals surface area (Å²) >= 11 is 0. The average molecular weight is 400 g/mol. The predicted molar refractivity (Wildman–Crippen MR) is 109 cm³/mol. The third-order valence-electron chi connectivity index (χ3n) is 5.30. The molecular formula is C20H37N3O5. The van der Waals surface area contributed by atoms with Crippen molar-refractivity contribution < 1.29 is 24.1 Å². The number of nitrogens with one attached hydrogen (secondary N) is 2. The van der Waals surface area contributed by atoms with Gasteiger partial charge in [0.2, 0.25) is 5.91 Å². The number of aliphatic hydroxyl groups is 1. The van der Waals surface area contributed by atoms with Gasteiger partial charge in [-0.05, 0) is 53.5 Å². The molecule has 8 heteroatoms. The number of hydrogen-bond acceptors (Lipinski definition) is 7. The van der Waals surface area contributed by atoms with Crippen molar-refractivity contribution in [1.29, 1.82) is 5.41 Å². The van der Waals surface area contributed by atoms with Gasteiger partial charge in [0.05, 0.1) is 24.5 Å². The first kappa shape index (κ1) is 24.6. The fourth-order valence-corrected chi connectivity index (χ4v) is 2.79. The molecule has 1 saturated heterocycles. The van der Waals surface area contributed by atoms with Gasteiger partial charge in [0.15, 0.2) is 5.88 Å². The van der Waals surface area contributed by atoms with Crippen LogP contribution >= 0.6 is 0 Å². The van der Waals surface area contributed by atoms with Gasteiger partial charge in [-0.1, -0.05) is 0 Å². The first-order valence-electron chi connectivity index (χ1n) is 9.73. The summed E-state index contributed by atoms with van der Waals surface area (Å²) in [7, 11) is 3.48. The van der Waals surface area contributed by atoms with E-state index in [2.05, 4.69) is 5.32 Å². The lowest BCUT2D eigenvalue weighted by molar-refractivity contribution is -0.131. The molecule has 1 fully saturated rings. The van der Waals surface area contributed by atoms with Gasteiger partial charge < -0.3 is 24.7 Å². The van der Waals surface area contributed by atoms with Gasteiger partial charge in [-0.15, -0.1) is 0 Å². The number of carbonyl (C=O) groups is 1. The van der Waals surface area contributed by atoms with Gasteiger partial charge in [0.1, 0.15) is 5.60 Å². The third kappa shape index (κ3) is 7.50. The standard InChI is InChI=1S/C20H37N3O5/c1-19(2,23(5)14-15-7-9-27-10-8-15)18(25)22-17(24)13-16(21)20(3,4)28-12-11-26-6/h13,15,21,24H,7-12,14H2,1-6H3,(H,22,25)/b17-13-,21-16?. The molecule has 0 aliphatic carbocycles. The zero-order valence-corrected chi connectivity index (χ0v) is 18.1. The molecule has 1 heterocycles. The fourth-order valence-electron chi connectivity index (χ4n) is 2.79. The summed E-state index contributed by atoms with van der Waals surface area (Å²) < 4.78 is 15.9. The summed E-state index contributed by atoms with van der Waals surface area (Å²) in [6, 6.07) is 0. The van der Waals surface area contributed by atoms with Gasteiger partial charge in [0.25, 0.3) is 0 Å². The number of methoxy groups -OCH3 is 1. The topological polar surface area (TPSA) is 104 Å². The van der Waals surface area contributed by atoms with Gasteiger partial charge in [-0.2, -0.15) is 0 Å². The number of carbonyl (C=O) groups excluding carboxylic acids is 1. The molecule has 0 unspecified atom stereocenters. The maximum Gasteiger partial charge on any atom is 0.246 e. The van der Waals surface area contributed by atoms with Crippen molar-refractivity contribution in [3.63, 3.8) is 0 Å². The minimum atomic E-state index is -0.910. The molecule has 8 nitrogen and oxygen atoms in total. The highest BCUT2D eigenvalue weighted by atomic mass is 16.5. The van der Waals surface area contributed by atoms with Gasteiger partial charge >= 0.3 is 0 Å². The number of rotatable bonds is 11. The van der Waals surface area contributed by atoms with Crippen LogP contribution in [0.4, 0.5) is 0 Å². The summed E-state index contributed by atoms with van der Waals surface area (Å²) in [4.78, 5) is 14.7. The van der Waals surface area contributed by atoms with E-state index in [0.29, 0.717) is 19.1 Å². The van der Waals surface area contributed by atoms with E-state index in [1.165, 1.54) is 6.08 Å². The minimum absolute atomic E-state index is 0.0507. The molecule has 0 aromatic rings. The summed E-state index contributed by atoms with van der Waals surface area (Å²) in [5.74, 6) is -0.208. The lowest BCUT2D eigenvalue weighted by Gasteiger charge is -2.37. The zero-order valence-electron chi connectivity index (χ0n) is 18.1. The van der Waals surface area contributed by atoms with Crippen molar-refractivity contribution in [2.45, 2.75) is 51.7 Å². The second-order valence-corrected chi connectivity index (χ2v) is 8.24. The van der Waals surface area contributed by atoms with Gasteiger partial charge in [-0.25, -0.2) is 0 Å². The lowest BCUT2D eigenvalue weighted by Crippen LogP contribution is -2.54. The Labute approximate surface area is 168 Å². The lowest BCUT2D eigenvalue weighted by atomic mass is 9.95. The van der Waals surface area contributed by atoms with E-state index in [4.69, 9.17) is 19.6 Å². The molecule has 1 aliphatic heterocycles. The van der Waals surface area contributed by atoms with E-state index in [0.717, 1.165) is 32.6 Å². The Morgan fingerprint density at radius 1 is 1.29 bits per heavy atom. The highest BCUT2D eigenvalue weighted by molar-refractivity contribution is 5.99. The molecule has 1 amide bonds. The molecule has 0 radical (unpaired) electrons. The maximum absolute atomic E-state index is 12.7. The molecule has 0 spiro atoms. The number of nitrogens with zero attached hydrogens (tertiary/aromatic N) is 1. The van der Waals surface area contributed by atoms with E-state index in [-0.39, 0.29) is 17.5 Å². The molecule has 3 N–H and O–H groups in total.